The number of nitrogens with two attached hydrogens (primary N) is 1. The lowest BCUT2D eigenvalue weighted by atomic mass is 9.84. The van der Waals surface area contributed by atoms with E-state index in [1.54, 1.807) is 32.0 Å². The number of aliphatic hydroxyl groups is 1. The number of rotatable bonds is 16. The lowest BCUT2D eigenvalue weighted by molar-refractivity contribution is -0.142. The molecule has 18 heteroatoms. The highest BCUT2D eigenvalue weighted by atomic mass is 16.4. The summed E-state index contributed by atoms with van der Waals surface area (Å²) in [5.41, 5.74) is 5.42. The highest BCUT2D eigenvalue weighted by Gasteiger charge is 2.45. The third kappa shape index (κ3) is 9.71. The SMILES string of the molecule is CC(C)(O)c1cnnn1[C@H]1C[C@@H](C(=O)NC(CCCCNC(=O)O)C(=O)C(N)=O)N(C(=O)C(CC2CCCCC2)NC(=O)c2cccc3nccnc23)C1. The van der Waals surface area contributed by atoms with Crippen molar-refractivity contribution in [2.75, 3.05) is 13.1 Å². The standard InChI is InChI=1S/C36H48N10O8/c1-36(2,54)28-19-41-44-46(28)22-18-27(33(50)42-25(30(47)31(37)48)12-6-7-14-40-35(52)53)45(20-22)34(51)26(17-21-9-4-3-5-10-21)43-32(49)23-11-8-13-24-29(23)39-16-15-38-24/h8,11,13,15-16,19,21-22,25-27,40,54H,3-7,9-10,12,14,17-18,20H2,1-2H3,(H2,37,48)(H,42,50)(H,43,49)(H,52,53)/t22-,25?,26?,27-/m0/s1. The average Bonchev–Trinajstić information content (AvgIpc) is 3.82. The summed E-state index contributed by atoms with van der Waals surface area (Å²) in [4.78, 5) is 88.6. The van der Waals surface area contributed by atoms with Crippen LogP contribution in [0, 0.1) is 5.92 Å². The molecule has 1 saturated heterocycles. The Hall–Kier alpha value is -5.52. The molecule has 290 valence electrons. The molecule has 2 unspecified atom stereocenters. The van der Waals surface area contributed by atoms with E-state index in [1.165, 1.54) is 28.2 Å². The monoisotopic (exact) mass is 748 g/mol. The normalized spacial score (nSPS) is 18.8. The zero-order chi connectivity index (χ0) is 39.0. The highest BCUT2D eigenvalue weighted by molar-refractivity contribution is 6.37. The number of primary amides is 1. The molecular formula is C36H48N10O8. The van der Waals surface area contributed by atoms with Gasteiger partial charge in [-0.15, -0.1) is 5.10 Å². The van der Waals surface area contributed by atoms with Crippen LogP contribution >= 0.6 is 0 Å². The van der Waals surface area contributed by atoms with E-state index in [0.717, 1.165) is 32.1 Å². The first-order valence-electron chi connectivity index (χ1n) is 18.3. The first-order chi connectivity index (χ1) is 25.7. The second-order valence-electron chi connectivity index (χ2n) is 14.5. The van der Waals surface area contributed by atoms with Crippen molar-refractivity contribution < 1.29 is 39.0 Å². The molecule has 18 nitrogen and oxygen atoms in total. The number of hydrogen-bond acceptors (Lipinski definition) is 11. The van der Waals surface area contributed by atoms with Gasteiger partial charge in [-0.3, -0.25) is 33.9 Å². The minimum absolute atomic E-state index is 0.00698. The summed E-state index contributed by atoms with van der Waals surface area (Å²) >= 11 is 0. The molecule has 0 radical (unpaired) electrons. The van der Waals surface area contributed by atoms with Gasteiger partial charge in [0.1, 0.15) is 23.2 Å². The smallest absolute Gasteiger partial charge is 0.404 e. The van der Waals surface area contributed by atoms with E-state index >= 15 is 0 Å². The Morgan fingerprint density at radius 3 is 2.44 bits per heavy atom. The number of Topliss-reactive ketones (excluding diaryl/α,β-unsaturated/α-hetero) is 1. The first kappa shape index (κ1) is 39.7. The van der Waals surface area contributed by atoms with Crippen molar-refractivity contribution in [3.63, 3.8) is 0 Å². The molecule has 3 aromatic rings. The molecule has 1 aromatic carbocycles. The van der Waals surface area contributed by atoms with Crippen molar-refractivity contribution in [3.05, 3.63) is 48.0 Å². The summed E-state index contributed by atoms with van der Waals surface area (Å²) < 4.78 is 1.47. The Kier molecular flexibility index (Phi) is 12.9. The van der Waals surface area contributed by atoms with Gasteiger partial charge in [0.2, 0.25) is 17.6 Å². The number of carbonyl (C=O) groups is 6. The maximum absolute atomic E-state index is 14.8. The van der Waals surface area contributed by atoms with Crippen LogP contribution in [-0.2, 0) is 24.8 Å². The molecule has 1 aliphatic carbocycles. The second-order valence-corrected chi connectivity index (χ2v) is 14.5. The molecule has 1 aliphatic heterocycles. The largest absolute Gasteiger partial charge is 0.465 e. The number of aromatic nitrogens is 5. The van der Waals surface area contributed by atoms with Gasteiger partial charge >= 0.3 is 6.09 Å². The molecule has 5 rings (SSSR count). The topological polar surface area (TPSA) is 265 Å². The van der Waals surface area contributed by atoms with Gasteiger partial charge in [0, 0.05) is 31.9 Å². The van der Waals surface area contributed by atoms with E-state index in [9.17, 15) is 33.9 Å². The fourth-order valence-corrected chi connectivity index (χ4v) is 7.40. The highest BCUT2D eigenvalue weighted by Crippen LogP contribution is 2.33. The summed E-state index contributed by atoms with van der Waals surface area (Å²) in [5.74, 6) is -3.94. The number of likely N-dealkylation sites (tertiary alicyclic amines) is 1. The minimum Gasteiger partial charge on any atom is -0.465 e. The number of para-hydroxylation sites is 1. The number of nitrogens with one attached hydrogen (secondary N) is 3. The molecule has 54 heavy (non-hydrogen) atoms. The lowest BCUT2D eigenvalue weighted by Gasteiger charge is -2.32. The van der Waals surface area contributed by atoms with Crippen LogP contribution in [0.25, 0.3) is 11.0 Å². The van der Waals surface area contributed by atoms with Gasteiger partial charge < -0.3 is 36.8 Å². The van der Waals surface area contributed by atoms with Crippen LogP contribution in [-0.4, -0.2) is 107 Å². The number of amides is 5. The zero-order valence-corrected chi connectivity index (χ0v) is 30.4. The molecule has 2 aliphatic rings. The Morgan fingerprint density at radius 2 is 1.74 bits per heavy atom. The molecular weight excluding hydrogens is 700 g/mol. The van der Waals surface area contributed by atoms with E-state index < -0.39 is 65.3 Å². The maximum Gasteiger partial charge on any atom is 0.404 e. The first-order valence-corrected chi connectivity index (χ1v) is 18.3. The van der Waals surface area contributed by atoms with Gasteiger partial charge in [0.05, 0.1) is 35.1 Å². The Labute approximate surface area is 311 Å². The van der Waals surface area contributed by atoms with Crippen LogP contribution in [0.1, 0.15) is 100 Å². The lowest BCUT2D eigenvalue weighted by Crippen LogP contribution is -2.56. The fraction of sp³-hybridized carbons (Fsp3) is 0.556. The van der Waals surface area contributed by atoms with Gasteiger partial charge in [-0.2, -0.15) is 0 Å². The molecule has 4 atom stereocenters. The Balaban J connectivity index is 1.45. The van der Waals surface area contributed by atoms with E-state index in [4.69, 9.17) is 10.8 Å². The molecule has 1 saturated carbocycles. The van der Waals surface area contributed by atoms with Gasteiger partial charge in [-0.05, 0) is 57.6 Å². The number of unbranched alkanes of at least 4 members (excludes halogenated alkanes) is 1. The van der Waals surface area contributed by atoms with Crippen molar-refractivity contribution >= 4 is 46.5 Å². The molecule has 0 bridgehead atoms. The van der Waals surface area contributed by atoms with Crippen molar-refractivity contribution in [2.24, 2.45) is 11.7 Å². The fourth-order valence-electron chi connectivity index (χ4n) is 7.40. The molecule has 5 amide bonds. The van der Waals surface area contributed by atoms with Crippen LogP contribution in [0.3, 0.4) is 0 Å². The minimum atomic E-state index is -1.37. The van der Waals surface area contributed by atoms with Gasteiger partial charge in [-0.1, -0.05) is 43.4 Å². The third-order valence-corrected chi connectivity index (χ3v) is 10.1. The molecule has 7 N–H and O–H groups in total. The number of carboxylic acid groups (broad SMARTS) is 1. The summed E-state index contributed by atoms with van der Waals surface area (Å²) in [6.45, 7) is 3.16. The predicted molar refractivity (Wildman–Crippen MR) is 192 cm³/mol. The maximum atomic E-state index is 14.8. The van der Waals surface area contributed by atoms with Gasteiger partial charge in [-0.25, -0.2) is 9.48 Å². The van der Waals surface area contributed by atoms with Crippen molar-refractivity contribution in [1.29, 1.82) is 0 Å². The van der Waals surface area contributed by atoms with Crippen molar-refractivity contribution in [2.45, 2.75) is 108 Å². The molecule has 2 fully saturated rings. The Bertz CT molecular complexity index is 1850. The number of benzene rings is 1. The van der Waals surface area contributed by atoms with Crippen LogP contribution in [0.5, 0.6) is 0 Å². The van der Waals surface area contributed by atoms with E-state index in [0.29, 0.717) is 29.6 Å². The zero-order valence-electron chi connectivity index (χ0n) is 30.4. The van der Waals surface area contributed by atoms with Gasteiger partial charge in [0.25, 0.3) is 11.8 Å². The second kappa shape index (κ2) is 17.5. The number of carbonyl (C=O) groups excluding carboxylic acids is 5. The summed E-state index contributed by atoms with van der Waals surface area (Å²) in [6.07, 6.45) is 8.89. The van der Waals surface area contributed by atoms with Crippen molar-refractivity contribution in [3.8, 4) is 0 Å². The summed E-state index contributed by atoms with van der Waals surface area (Å²) in [7, 11) is 0. The number of hydrogen-bond donors (Lipinski definition) is 6. The summed E-state index contributed by atoms with van der Waals surface area (Å²) in [6, 6.07) is 0.808. The predicted octanol–water partition coefficient (Wildman–Crippen LogP) is 1.34. The van der Waals surface area contributed by atoms with E-state index in [2.05, 4.69) is 36.2 Å². The average molecular weight is 749 g/mol. The number of fused-ring (bicyclic) bond motifs is 1. The Morgan fingerprint density at radius 1 is 1.00 bits per heavy atom. The number of ketones is 1. The summed E-state index contributed by atoms with van der Waals surface area (Å²) in [5, 5.41) is 35.7. The number of nitrogens with zero attached hydrogens (tertiary/aromatic N) is 6. The molecule has 3 heterocycles. The van der Waals surface area contributed by atoms with Crippen molar-refractivity contribution in [1.82, 2.24) is 45.8 Å². The van der Waals surface area contributed by atoms with Crippen LogP contribution in [0.15, 0.2) is 36.8 Å². The van der Waals surface area contributed by atoms with Crippen LogP contribution in [0.4, 0.5) is 4.79 Å². The quantitative estimate of drug-likeness (QED) is 0.0896. The third-order valence-electron chi connectivity index (χ3n) is 10.1. The molecule has 0 spiro atoms. The molecule has 2 aromatic heterocycles. The van der Waals surface area contributed by atoms with Gasteiger partial charge in [0.15, 0.2) is 0 Å². The van der Waals surface area contributed by atoms with E-state index in [1.807, 2.05) is 0 Å². The van der Waals surface area contributed by atoms with E-state index in [-0.39, 0.29) is 43.8 Å². The van der Waals surface area contributed by atoms with Crippen LogP contribution in [0.2, 0.25) is 0 Å². The van der Waals surface area contributed by atoms with Crippen LogP contribution < -0.4 is 21.7 Å².